The average molecular weight is 395 g/mol. The van der Waals surface area contributed by atoms with Crippen LogP contribution in [0.4, 0.5) is 5.13 Å². The lowest BCUT2D eigenvalue weighted by atomic mass is 10.1. The lowest BCUT2D eigenvalue weighted by molar-refractivity contribution is 0.101. The number of thiazole rings is 1. The van der Waals surface area contributed by atoms with E-state index >= 15 is 0 Å². The highest BCUT2D eigenvalue weighted by molar-refractivity contribution is 7.19. The van der Waals surface area contributed by atoms with Gasteiger partial charge in [0.2, 0.25) is 0 Å². The van der Waals surface area contributed by atoms with Crippen molar-refractivity contribution in [2.24, 2.45) is 0 Å². The van der Waals surface area contributed by atoms with E-state index in [1.165, 1.54) is 18.3 Å². The van der Waals surface area contributed by atoms with Gasteiger partial charge in [-0.2, -0.15) is 0 Å². The van der Waals surface area contributed by atoms with Crippen LogP contribution in [-0.2, 0) is 0 Å². The summed E-state index contributed by atoms with van der Waals surface area (Å²) in [4.78, 5) is 32.9. The molecule has 0 fully saturated rings. The van der Waals surface area contributed by atoms with Crippen molar-refractivity contribution in [2.75, 3.05) is 5.32 Å². The average Bonchev–Trinajstić information content (AvgIpc) is 3.41. The molecule has 0 aromatic carbocycles. The van der Waals surface area contributed by atoms with Gasteiger partial charge in [-0.1, -0.05) is 11.3 Å². The van der Waals surface area contributed by atoms with E-state index in [1.54, 1.807) is 44.6 Å². The molecule has 1 amide bonds. The van der Waals surface area contributed by atoms with E-state index in [0.717, 1.165) is 4.88 Å². The number of aromatic nitrogens is 2. The van der Waals surface area contributed by atoms with Crippen molar-refractivity contribution in [2.45, 2.75) is 20.8 Å². The van der Waals surface area contributed by atoms with E-state index in [-0.39, 0.29) is 11.7 Å². The number of rotatable bonds is 5. The molecule has 4 heterocycles. The van der Waals surface area contributed by atoms with Crippen LogP contribution in [0.3, 0.4) is 0 Å². The third-order valence-electron chi connectivity index (χ3n) is 4.36. The Labute approximate surface area is 164 Å². The van der Waals surface area contributed by atoms with Gasteiger partial charge in [0.25, 0.3) is 5.91 Å². The molecule has 0 aliphatic rings. The minimum absolute atomic E-state index is 0.0836. The summed E-state index contributed by atoms with van der Waals surface area (Å²) in [5.41, 5.74) is 2.76. The highest BCUT2D eigenvalue weighted by Gasteiger charge is 2.23. The maximum Gasteiger partial charge on any atom is 0.274 e. The summed E-state index contributed by atoms with van der Waals surface area (Å²) >= 11 is 1.28. The van der Waals surface area contributed by atoms with Gasteiger partial charge in [-0.3, -0.25) is 14.9 Å². The molecule has 8 heteroatoms. The van der Waals surface area contributed by atoms with Crippen molar-refractivity contribution in [3.05, 3.63) is 59.3 Å². The topological polar surface area (TPSA) is 101 Å². The molecule has 0 saturated carbocycles. The summed E-state index contributed by atoms with van der Waals surface area (Å²) in [6, 6.07) is 7.18. The SMILES string of the molecule is CC(=O)c1c(C)[nH]c(C(=O)Nc2nc(-c3ccco3)c(-c3ccco3)s2)c1C. The maximum atomic E-state index is 12.8. The molecule has 0 aliphatic carbocycles. The van der Waals surface area contributed by atoms with Gasteiger partial charge in [0.1, 0.15) is 22.0 Å². The Hall–Kier alpha value is -3.39. The second kappa shape index (κ2) is 6.97. The van der Waals surface area contributed by atoms with Crippen molar-refractivity contribution in [1.29, 1.82) is 0 Å². The molecule has 7 nitrogen and oxygen atoms in total. The zero-order valence-electron chi connectivity index (χ0n) is 15.5. The van der Waals surface area contributed by atoms with Gasteiger partial charge in [0, 0.05) is 11.3 Å². The van der Waals surface area contributed by atoms with Crippen LogP contribution in [0.1, 0.15) is 39.0 Å². The smallest absolute Gasteiger partial charge is 0.274 e. The summed E-state index contributed by atoms with van der Waals surface area (Å²) in [5, 5.41) is 3.21. The molecule has 0 saturated heterocycles. The minimum atomic E-state index is -0.362. The Balaban J connectivity index is 1.69. The number of ketones is 1. The molecular formula is C20H17N3O4S. The van der Waals surface area contributed by atoms with Crippen molar-refractivity contribution in [3.8, 4) is 22.1 Å². The van der Waals surface area contributed by atoms with Crippen molar-refractivity contribution in [3.63, 3.8) is 0 Å². The number of nitrogens with zero attached hydrogens (tertiary/aromatic N) is 1. The van der Waals surface area contributed by atoms with Crippen LogP contribution in [0.5, 0.6) is 0 Å². The highest BCUT2D eigenvalue weighted by Crippen LogP contribution is 2.39. The predicted molar refractivity (Wildman–Crippen MR) is 106 cm³/mol. The first-order valence-electron chi connectivity index (χ1n) is 8.55. The van der Waals surface area contributed by atoms with Gasteiger partial charge >= 0.3 is 0 Å². The fourth-order valence-electron chi connectivity index (χ4n) is 3.19. The summed E-state index contributed by atoms with van der Waals surface area (Å²) < 4.78 is 11.0. The second-order valence-corrected chi connectivity index (χ2v) is 7.29. The van der Waals surface area contributed by atoms with Crippen LogP contribution < -0.4 is 5.32 Å². The molecule has 4 aromatic heterocycles. The number of nitrogens with one attached hydrogen (secondary N) is 2. The summed E-state index contributed by atoms with van der Waals surface area (Å²) in [5.74, 6) is 0.766. The Morgan fingerprint density at radius 3 is 2.36 bits per heavy atom. The van der Waals surface area contributed by atoms with Crippen LogP contribution in [0.15, 0.2) is 45.6 Å². The molecule has 0 atom stereocenters. The first-order valence-corrected chi connectivity index (χ1v) is 9.37. The van der Waals surface area contributed by atoms with E-state index in [4.69, 9.17) is 8.83 Å². The molecule has 0 spiro atoms. The van der Waals surface area contributed by atoms with Crippen molar-refractivity contribution < 1.29 is 18.4 Å². The van der Waals surface area contributed by atoms with Gasteiger partial charge < -0.3 is 13.8 Å². The van der Waals surface area contributed by atoms with Crippen LogP contribution in [0.25, 0.3) is 22.1 Å². The van der Waals surface area contributed by atoms with Crippen LogP contribution in [0, 0.1) is 13.8 Å². The lowest BCUT2D eigenvalue weighted by Crippen LogP contribution is -2.13. The van der Waals surface area contributed by atoms with Gasteiger partial charge in [0.05, 0.1) is 12.5 Å². The summed E-state index contributed by atoms with van der Waals surface area (Å²) in [6.07, 6.45) is 3.14. The Bertz CT molecular complexity index is 1100. The molecule has 0 unspecified atom stereocenters. The van der Waals surface area contributed by atoms with E-state index < -0.39 is 0 Å². The largest absolute Gasteiger partial charge is 0.463 e. The quantitative estimate of drug-likeness (QED) is 0.460. The third-order valence-corrected chi connectivity index (χ3v) is 5.35. The van der Waals surface area contributed by atoms with Crippen LogP contribution in [0.2, 0.25) is 0 Å². The number of carbonyl (C=O) groups excluding carboxylic acids is 2. The number of hydrogen-bond donors (Lipinski definition) is 2. The van der Waals surface area contributed by atoms with E-state index in [1.807, 2.05) is 6.07 Å². The van der Waals surface area contributed by atoms with E-state index in [2.05, 4.69) is 15.3 Å². The van der Waals surface area contributed by atoms with Gasteiger partial charge in [-0.15, -0.1) is 0 Å². The molecule has 4 aromatic rings. The molecule has 0 bridgehead atoms. The van der Waals surface area contributed by atoms with Gasteiger partial charge in [0.15, 0.2) is 16.7 Å². The molecule has 4 rings (SSSR count). The van der Waals surface area contributed by atoms with Crippen LogP contribution in [-0.4, -0.2) is 21.7 Å². The zero-order valence-corrected chi connectivity index (χ0v) is 16.3. The van der Waals surface area contributed by atoms with Crippen molar-refractivity contribution >= 4 is 28.2 Å². The number of amides is 1. The minimum Gasteiger partial charge on any atom is -0.463 e. The van der Waals surface area contributed by atoms with E-state index in [0.29, 0.717) is 44.9 Å². The first kappa shape index (κ1) is 18.0. The molecule has 0 aliphatic heterocycles. The fraction of sp³-hybridized carbons (Fsp3) is 0.150. The summed E-state index contributed by atoms with van der Waals surface area (Å²) in [7, 11) is 0. The number of anilines is 1. The molecule has 2 N–H and O–H groups in total. The van der Waals surface area contributed by atoms with Crippen LogP contribution >= 0.6 is 11.3 Å². The highest BCUT2D eigenvalue weighted by atomic mass is 32.1. The monoisotopic (exact) mass is 395 g/mol. The zero-order chi connectivity index (χ0) is 19.8. The van der Waals surface area contributed by atoms with Crippen molar-refractivity contribution in [1.82, 2.24) is 9.97 Å². The number of H-pyrrole nitrogens is 1. The molecule has 28 heavy (non-hydrogen) atoms. The lowest BCUT2D eigenvalue weighted by Gasteiger charge is -2.01. The Kier molecular flexibility index (Phi) is 4.48. The number of carbonyl (C=O) groups is 2. The number of hydrogen-bond acceptors (Lipinski definition) is 6. The molecule has 0 radical (unpaired) electrons. The normalized spacial score (nSPS) is 11.0. The predicted octanol–water partition coefficient (Wildman–Crippen LogP) is 5.06. The fourth-order valence-corrected chi connectivity index (χ4v) is 4.13. The number of aromatic amines is 1. The number of Topliss-reactive ketones (excluding diaryl/α,β-unsaturated/α-hetero) is 1. The summed E-state index contributed by atoms with van der Waals surface area (Å²) in [6.45, 7) is 5.00. The van der Waals surface area contributed by atoms with Gasteiger partial charge in [-0.05, 0) is 50.6 Å². The van der Waals surface area contributed by atoms with E-state index in [9.17, 15) is 9.59 Å². The molecular weight excluding hydrogens is 378 g/mol. The standard InChI is InChI=1S/C20H17N3O4S/c1-10-15(12(3)24)11(2)21-16(10)19(25)23-20-22-17(13-6-4-8-26-13)18(28-20)14-7-5-9-27-14/h4-9,21H,1-3H3,(H,22,23,25). The second-order valence-electron chi connectivity index (χ2n) is 6.29. The van der Waals surface area contributed by atoms with Gasteiger partial charge in [-0.25, -0.2) is 4.98 Å². The maximum absolute atomic E-state index is 12.8. The number of aryl methyl sites for hydroxylation is 1. The number of furan rings is 2. The Morgan fingerprint density at radius 1 is 1.11 bits per heavy atom. The Morgan fingerprint density at radius 2 is 1.79 bits per heavy atom. The molecule has 142 valence electrons. The first-order chi connectivity index (χ1) is 13.5. The third kappa shape index (κ3) is 3.07.